The number of nitrogens with zero attached hydrogens (tertiary/aromatic N) is 4. The smallest absolute Gasteiger partial charge is 0.219 e. The van der Waals surface area contributed by atoms with Crippen molar-refractivity contribution in [2.75, 3.05) is 7.11 Å². The number of benzene rings is 2. The molecule has 0 saturated heterocycles. The van der Waals surface area contributed by atoms with Gasteiger partial charge in [-0.05, 0) is 73.9 Å². The third-order valence-corrected chi connectivity index (χ3v) is 6.74. The van der Waals surface area contributed by atoms with Gasteiger partial charge >= 0.3 is 0 Å². The molecule has 0 atom stereocenters. The summed E-state index contributed by atoms with van der Waals surface area (Å²) < 4.78 is 26.7. The van der Waals surface area contributed by atoms with Crippen molar-refractivity contribution in [3.8, 4) is 28.4 Å². The highest BCUT2D eigenvalue weighted by molar-refractivity contribution is 5.96. The van der Waals surface area contributed by atoms with E-state index in [9.17, 15) is 14.0 Å². The zero-order chi connectivity index (χ0) is 29.1. The number of aromatic nitrogens is 4. The van der Waals surface area contributed by atoms with Gasteiger partial charge in [0, 0.05) is 35.1 Å². The first-order valence-corrected chi connectivity index (χ1v) is 13.3. The van der Waals surface area contributed by atoms with Crippen LogP contribution in [-0.4, -0.2) is 32.6 Å². The molecule has 9 heteroatoms. The maximum absolute atomic E-state index is 13.5. The summed E-state index contributed by atoms with van der Waals surface area (Å²) in [5, 5.41) is 5.11. The largest absolute Gasteiger partial charge is 0.496 e. The molecule has 0 aliphatic carbocycles. The monoisotopic (exact) mass is 552 g/mol. The van der Waals surface area contributed by atoms with Crippen LogP contribution in [0.4, 0.5) is 4.39 Å². The number of carbonyl (C=O) groups excluding carboxylic acids is 1. The Bertz CT molecular complexity index is 1780. The summed E-state index contributed by atoms with van der Waals surface area (Å²) in [7, 11) is 1.63. The second-order valence-electron chi connectivity index (χ2n) is 9.83. The van der Waals surface area contributed by atoms with E-state index in [-0.39, 0.29) is 23.7 Å². The van der Waals surface area contributed by atoms with Gasteiger partial charge in [0.15, 0.2) is 11.5 Å². The lowest BCUT2D eigenvalue weighted by atomic mass is 10.0. The molecular weight excluding hydrogens is 523 g/mol. The van der Waals surface area contributed by atoms with E-state index in [1.165, 1.54) is 30.5 Å². The Labute approximate surface area is 236 Å². The van der Waals surface area contributed by atoms with E-state index in [1.807, 2.05) is 26.0 Å². The van der Waals surface area contributed by atoms with Crippen LogP contribution in [0.15, 0.2) is 78.0 Å². The number of pyridine rings is 2. The topological polar surface area (TPSA) is 96.2 Å². The summed E-state index contributed by atoms with van der Waals surface area (Å²) in [6, 6.07) is 14.5. The molecule has 41 heavy (non-hydrogen) atoms. The molecule has 3 aromatic heterocycles. The van der Waals surface area contributed by atoms with Crippen LogP contribution in [0, 0.1) is 5.82 Å². The van der Waals surface area contributed by atoms with Crippen molar-refractivity contribution in [1.29, 1.82) is 0 Å². The van der Waals surface area contributed by atoms with E-state index in [1.54, 1.807) is 42.4 Å². The minimum absolute atomic E-state index is 0.103. The van der Waals surface area contributed by atoms with Gasteiger partial charge in [0.2, 0.25) is 5.43 Å². The molecule has 0 saturated carbocycles. The Balaban J connectivity index is 1.39. The van der Waals surface area contributed by atoms with Crippen LogP contribution in [0.1, 0.15) is 48.6 Å². The van der Waals surface area contributed by atoms with Crippen LogP contribution in [0.3, 0.4) is 0 Å². The quantitative estimate of drug-likeness (QED) is 0.196. The molecule has 0 bridgehead atoms. The number of methoxy groups -OCH3 is 1. The maximum Gasteiger partial charge on any atom is 0.219 e. The fourth-order valence-corrected chi connectivity index (χ4v) is 4.49. The Kier molecular flexibility index (Phi) is 7.87. The van der Waals surface area contributed by atoms with E-state index in [2.05, 4.69) is 22.0 Å². The molecule has 0 aliphatic rings. The zero-order valence-electron chi connectivity index (χ0n) is 23.2. The first kappa shape index (κ1) is 27.6. The maximum atomic E-state index is 13.5. The van der Waals surface area contributed by atoms with Crippen molar-refractivity contribution < 1.29 is 18.7 Å². The summed E-state index contributed by atoms with van der Waals surface area (Å²) in [4.78, 5) is 35.4. The third kappa shape index (κ3) is 5.84. The van der Waals surface area contributed by atoms with Gasteiger partial charge in [-0.25, -0.2) is 4.39 Å². The van der Waals surface area contributed by atoms with Gasteiger partial charge in [-0.1, -0.05) is 19.1 Å². The number of aryl methyl sites for hydroxylation is 1. The van der Waals surface area contributed by atoms with Crippen molar-refractivity contribution >= 4 is 16.7 Å². The minimum Gasteiger partial charge on any atom is -0.496 e. The van der Waals surface area contributed by atoms with Crippen molar-refractivity contribution in [3.05, 3.63) is 106 Å². The van der Waals surface area contributed by atoms with E-state index < -0.39 is 17.0 Å². The lowest BCUT2D eigenvalue weighted by Crippen LogP contribution is -2.25. The van der Waals surface area contributed by atoms with Crippen LogP contribution in [0.25, 0.3) is 22.0 Å². The van der Waals surface area contributed by atoms with Crippen LogP contribution < -0.4 is 14.9 Å². The minimum atomic E-state index is -0.510. The molecule has 0 unspecified atom stereocenters. The number of carbonyl (C=O) groups is 1. The summed E-state index contributed by atoms with van der Waals surface area (Å²) in [5.74, 6) is 0.958. The second-order valence-corrected chi connectivity index (χ2v) is 9.83. The molecule has 0 aliphatic heterocycles. The molecule has 5 rings (SSSR count). The molecule has 5 aromatic rings. The van der Waals surface area contributed by atoms with Crippen molar-refractivity contribution in [3.63, 3.8) is 0 Å². The zero-order valence-corrected chi connectivity index (χ0v) is 23.2. The van der Waals surface area contributed by atoms with E-state index in [0.717, 1.165) is 28.6 Å². The predicted molar refractivity (Wildman–Crippen MR) is 154 cm³/mol. The Hall–Kier alpha value is -4.92. The average Bonchev–Trinajstić information content (AvgIpc) is 2.98. The molecule has 0 spiro atoms. The number of ketones is 1. The Morgan fingerprint density at radius 2 is 1.80 bits per heavy atom. The SMILES string of the molecule is CCc1cc2nccc(Oc3ccc(CC(=O)c4nn(C(C)C)cc(-c5ccc(F)cc5)c4=O)nc3)c2cc1OC. The highest BCUT2D eigenvalue weighted by Gasteiger charge is 2.20. The number of hydrogen-bond donors (Lipinski definition) is 0. The predicted octanol–water partition coefficient (Wildman–Crippen LogP) is 6.36. The van der Waals surface area contributed by atoms with E-state index in [4.69, 9.17) is 9.47 Å². The van der Waals surface area contributed by atoms with Crippen LogP contribution >= 0.6 is 0 Å². The molecule has 3 heterocycles. The second kappa shape index (κ2) is 11.7. The summed E-state index contributed by atoms with van der Waals surface area (Å²) in [5.41, 5.74) is 2.39. The molecule has 208 valence electrons. The highest BCUT2D eigenvalue weighted by Crippen LogP contribution is 2.33. The first-order chi connectivity index (χ1) is 19.8. The number of Topliss-reactive ketones (excluding diaryl/α,β-unsaturated/α-hetero) is 1. The van der Waals surface area contributed by atoms with Crippen LogP contribution in [0.5, 0.6) is 17.2 Å². The fourth-order valence-electron chi connectivity index (χ4n) is 4.49. The fraction of sp³-hybridized carbons (Fsp3) is 0.219. The van der Waals surface area contributed by atoms with Gasteiger partial charge in [0.05, 0.1) is 25.2 Å². The molecule has 8 nitrogen and oxygen atoms in total. The number of rotatable bonds is 9. The first-order valence-electron chi connectivity index (χ1n) is 13.3. The van der Waals surface area contributed by atoms with E-state index in [0.29, 0.717) is 22.8 Å². The average molecular weight is 553 g/mol. The molecular formula is C32H29FN4O4. The lowest BCUT2D eigenvalue weighted by molar-refractivity contribution is 0.0983. The van der Waals surface area contributed by atoms with Gasteiger partial charge in [0.25, 0.3) is 0 Å². The van der Waals surface area contributed by atoms with Gasteiger partial charge in [0.1, 0.15) is 23.1 Å². The summed E-state index contributed by atoms with van der Waals surface area (Å²) >= 11 is 0. The van der Waals surface area contributed by atoms with Crippen molar-refractivity contribution in [2.45, 2.75) is 39.7 Å². The van der Waals surface area contributed by atoms with Gasteiger partial charge < -0.3 is 9.47 Å². The Morgan fingerprint density at radius 3 is 2.46 bits per heavy atom. The molecule has 0 N–H and O–H groups in total. The summed E-state index contributed by atoms with van der Waals surface area (Å²) in [6.45, 7) is 5.84. The number of fused-ring (bicyclic) bond motifs is 1. The normalized spacial score (nSPS) is 11.2. The standard InChI is InChI=1S/C32H29FN4O4/c1-5-20-14-27-25(16-30(20)40-4)29(12-13-34-27)41-24-11-10-23(35-17-24)15-28(38)31-32(39)26(18-37(36-31)19(2)3)21-6-8-22(33)9-7-21/h6-14,16-19H,5,15H2,1-4H3. The molecule has 0 amide bonds. The summed E-state index contributed by atoms with van der Waals surface area (Å²) in [6.07, 6.45) is 5.49. The van der Waals surface area contributed by atoms with Crippen LogP contribution in [0.2, 0.25) is 0 Å². The third-order valence-electron chi connectivity index (χ3n) is 6.74. The molecule has 0 radical (unpaired) electrons. The van der Waals surface area contributed by atoms with Crippen molar-refractivity contribution in [2.24, 2.45) is 0 Å². The lowest BCUT2D eigenvalue weighted by Gasteiger charge is -2.14. The van der Waals surface area contributed by atoms with Crippen LogP contribution in [-0.2, 0) is 12.8 Å². The van der Waals surface area contributed by atoms with Crippen molar-refractivity contribution in [1.82, 2.24) is 19.7 Å². The number of halogens is 1. The molecule has 0 fully saturated rings. The number of ether oxygens (including phenoxy) is 2. The van der Waals surface area contributed by atoms with Gasteiger partial charge in [-0.15, -0.1) is 0 Å². The molecule has 2 aromatic carbocycles. The number of hydrogen-bond acceptors (Lipinski definition) is 7. The van der Waals surface area contributed by atoms with E-state index >= 15 is 0 Å². The van der Waals surface area contributed by atoms with Gasteiger partial charge in [-0.3, -0.25) is 24.2 Å². The Morgan fingerprint density at radius 1 is 1.02 bits per heavy atom. The highest BCUT2D eigenvalue weighted by atomic mass is 19.1. The van der Waals surface area contributed by atoms with Gasteiger partial charge in [-0.2, -0.15) is 5.10 Å².